The first-order valence-corrected chi connectivity index (χ1v) is 6.19. The van der Waals surface area contributed by atoms with Crippen LogP contribution in [0.5, 0.6) is 0 Å². The first kappa shape index (κ1) is 13.3. The van der Waals surface area contributed by atoms with Crippen molar-refractivity contribution in [2.75, 3.05) is 13.6 Å². The average Bonchev–Trinajstić information content (AvgIpc) is 2.31. The fourth-order valence-electron chi connectivity index (χ4n) is 2.33. The quantitative estimate of drug-likeness (QED) is 0.778. The molecule has 0 aromatic carbocycles. The molecule has 2 unspecified atom stereocenters. The maximum absolute atomic E-state index is 13.5. The molecule has 1 aromatic heterocycles. The molecule has 1 aromatic rings. The first-order chi connectivity index (χ1) is 8.41. The van der Waals surface area contributed by atoms with Crippen LogP contribution < -0.4 is 11.2 Å². The predicted molar refractivity (Wildman–Crippen MR) is 66.7 cm³/mol. The average molecular weight is 276 g/mol. The van der Waals surface area contributed by atoms with Crippen LogP contribution in [0, 0.1) is 5.82 Å². The van der Waals surface area contributed by atoms with E-state index >= 15 is 0 Å². The molecule has 0 amide bonds. The fourth-order valence-corrected chi connectivity index (χ4v) is 2.49. The van der Waals surface area contributed by atoms with Crippen LogP contribution in [-0.4, -0.2) is 34.1 Å². The van der Waals surface area contributed by atoms with Crippen molar-refractivity contribution in [3.63, 3.8) is 0 Å². The van der Waals surface area contributed by atoms with Crippen LogP contribution >= 0.6 is 11.6 Å². The van der Waals surface area contributed by atoms with Crippen molar-refractivity contribution in [1.29, 1.82) is 0 Å². The van der Waals surface area contributed by atoms with Gasteiger partial charge in [0.2, 0.25) is 5.82 Å². The number of nitrogens with one attached hydrogen (secondary N) is 1. The third-order valence-electron chi connectivity index (χ3n) is 3.58. The highest BCUT2D eigenvalue weighted by molar-refractivity contribution is 6.29. The molecule has 1 aliphatic heterocycles. The Hall–Kier alpha value is -1.14. The second-order valence-corrected chi connectivity index (χ2v) is 5.12. The highest BCUT2D eigenvalue weighted by Gasteiger charge is 2.27. The van der Waals surface area contributed by atoms with Crippen molar-refractivity contribution in [2.24, 2.45) is 0 Å². The van der Waals surface area contributed by atoms with E-state index in [2.05, 4.69) is 9.88 Å². The molecule has 0 spiro atoms. The van der Waals surface area contributed by atoms with Crippen molar-refractivity contribution in [1.82, 2.24) is 14.5 Å². The Morgan fingerprint density at radius 1 is 1.44 bits per heavy atom. The molecule has 7 heteroatoms. The number of likely N-dealkylation sites (tertiary alicyclic amines) is 1. The molecule has 2 atom stereocenters. The van der Waals surface area contributed by atoms with Crippen molar-refractivity contribution in [2.45, 2.75) is 31.8 Å². The van der Waals surface area contributed by atoms with Gasteiger partial charge in [-0.2, -0.15) is 4.39 Å². The smallest absolute Gasteiger partial charge is 0.304 e. The number of halogens is 2. The Kier molecular flexibility index (Phi) is 3.59. The number of rotatable bonds is 1. The van der Waals surface area contributed by atoms with Crippen LogP contribution in [0.15, 0.2) is 9.59 Å². The van der Waals surface area contributed by atoms with Gasteiger partial charge < -0.3 is 4.90 Å². The van der Waals surface area contributed by atoms with Gasteiger partial charge in [0, 0.05) is 18.6 Å². The molecule has 100 valence electrons. The Morgan fingerprint density at radius 2 is 2.11 bits per heavy atom. The van der Waals surface area contributed by atoms with Crippen LogP contribution in [0.2, 0.25) is 5.15 Å². The molecular weight excluding hydrogens is 261 g/mol. The molecule has 18 heavy (non-hydrogen) atoms. The van der Waals surface area contributed by atoms with Crippen molar-refractivity contribution in [3.05, 3.63) is 31.8 Å². The van der Waals surface area contributed by atoms with E-state index in [0.717, 1.165) is 11.1 Å². The van der Waals surface area contributed by atoms with Crippen molar-refractivity contribution < 1.29 is 4.39 Å². The van der Waals surface area contributed by atoms with E-state index in [1.165, 1.54) is 0 Å². The third-order valence-corrected chi connectivity index (χ3v) is 3.84. The van der Waals surface area contributed by atoms with Gasteiger partial charge >= 0.3 is 5.69 Å². The molecule has 0 saturated carbocycles. The van der Waals surface area contributed by atoms with E-state index in [4.69, 9.17) is 11.6 Å². The Balaban J connectivity index is 2.44. The molecular formula is C11H15ClFN3O2. The van der Waals surface area contributed by atoms with Gasteiger partial charge in [0.25, 0.3) is 5.56 Å². The molecule has 0 aliphatic carbocycles. The summed E-state index contributed by atoms with van der Waals surface area (Å²) in [5, 5.41) is -0.526. The zero-order valence-electron chi connectivity index (χ0n) is 10.2. The molecule has 1 N–H and O–H groups in total. The van der Waals surface area contributed by atoms with Gasteiger partial charge in [0.1, 0.15) is 0 Å². The molecule has 5 nitrogen and oxygen atoms in total. The number of hydrogen-bond acceptors (Lipinski definition) is 3. The van der Waals surface area contributed by atoms with E-state index in [-0.39, 0.29) is 12.1 Å². The highest BCUT2D eigenvalue weighted by atomic mass is 35.5. The summed E-state index contributed by atoms with van der Waals surface area (Å²) in [7, 11) is 1.98. The third kappa shape index (κ3) is 2.22. The van der Waals surface area contributed by atoms with E-state index < -0.39 is 22.2 Å². The summed E-state index contributed by atoms with van der Waals surface area (Å²) < 4.78 is 14.4. The standard InChI is InChI=1S/C11H15ClFN3O2/c1-6-5-7(3-4-15(6)2)16-10(17)8(13)9(12)14-11(16)18/h6-7H,3-5H2,1-2H3,(H,14,18). The Bertz CT molecular complexity index is 568. The summed E-state index contributed by atoms with van der Waals surface area (Å²) in [6.07, 6.45) is 1.28. The van der Waals surface area contributed by atoms with E-state index in [1.807, 2.05) is 14.0 Å². The minimum absolute atomic E-state index is 0.244. The zero-order chi connectivity index (χ0) is 13.4. The number of aromatic amines is 1. The van der Waals surface area contributed by atoms with Gasteiger partial charge in [0.15, 0.2) is 5.15 Å². The van der Waals surface area contributed by atoms with Gasteiger partial charge in [-0.3, -0.25) is 14.3 Å². The number of aromatic nitrogens is 2. The lowest BCUT2D eigenvalue weighted by Gasteiger charge is -2.35. The summed E-state index contributed by atoms with van der Waals surface area (Å²) in [4.78, 5) is 27.8. The maximum atomic E-state index is 13.5. The lowest BCUT2D eigenvalue weighted by atomic mass is 9.99. The second-order valence-electron chi connectivity index (χ2n) is 4.74. The van der Waals surface area contributed by atoms with Gasteiger partial charge in [-0.05, 0) is 26.8 Å². The maximum Gasteiger partial charge on any atom is 0.329 e. The van der Waals surface area contributed by atoms with Crippen LogP contribution in [0.3, 0.4) is 0 Å². The Morgan fingerprint density at radius 3 is 2.72 bits per heavy atom. The minimum atomic E-state index is -1.09. The largest absolute Gasteiger partial charge is 0.329 e. The van der Waals surface area contributed by atoms with E-state index in [0.29, 0.717) is 12.8 Å². The van der Waals surface area contributed by atoms with E-state index in [1.54, 1.807) is 0 Å². The van der Waals surface area contributed by atoms with Crippen LogP contribution in [0.25, 0.3) is 0 Å². The molecule has 2 rings (SSSR count). The van der Waals surface area contributed by atoms with E-state index in [9.17, 15) is 14.0 Å². The summed E-state index contributed by atoms with van der Waals surface area (Å²) in [6, 6.07) is -0.0343. The van der Waals surface area contributed by atoms with Crippen LogP contribution in [-0.2, 0) is 0 Å². The van der Waals surface area contributed by atoms with Gasteiger partial charge in [-0.25, -0.2) is 4.79 Å². The zero-order valence-corrected chi connectivity index (χ0v) is 11.0. The number of hydrogen-bond donors (Lipinski definition) is 1. The van der Waals surface area contributed by atoms with Crippen LogP contribution in [0.4, 0.5) is 4.39 Å². The summed E-state index contributed by atoms with van der Waals surface area (Å²) in [6.45, 7) is 2.78. The SMILES string of the molecule is CC1CC(n2c(=O)[nH]c(Cl)c(F)c2=O)CCN1C. The molecule has 0 bridgehead atoms. The molecule has 1 aliphatic rings. The molecule has 1 saturated heterocycles. The molecule has 2 heterocycles. The number of piperidine rings is 1. The lowest BCUT2D eigenvalue weighted by Crippen LogP contribution is -2.46. The number of H-pyrrole nitrogens is 1. The first-order valence-electron chi connectivity index (χ1n) is 5.82. The summed E-state index contributed by atoms with van der Waals surface area (Å²) in [5.74, 6) is -1.09. The van der Waals surface area contributed by atoms with Crippen LogP contribution in [0.1, 0.15) is 25.8 Å². The lowest BCUT2D eigenvalue weighted by molar-refractivity contribution is 0.152. The summed E-state index contributed by atoms with van der Waals surface area (Å²) in [5.41, 5.74) is -1.58. The normalized spacial score (nSPS) is 25.3. The highest BCUT2D eigenvalue weighted by Crippen LogP contribution is 2.23. The topological polar surface area (TPSA) is 58.1 Å². The minimum Gasteiger partial charge on any atom is -0.304 e. The van der Waals surface area contributed by atoms with Crippen molar-refractivity contribution in [3.8, 4) is 0 Å². The Labute approximate surface area is 108 Å². The fraction of sp³-hybridized carbons (Fsp3) is 0.636. The van der Waals surface area contributed by atoms with Gasteiger partial charge in [0.05, 0.1) is 0 Å². The summed E-state index contributed by atoms with van der Waals surface area (Å²) >= 11 is 5.43. The predicted octanol–water partition coefficient (Wildman–Crippen LogP) is 0.984. The van der Waals surface area contributed by atoms with Crippen molar-refractivity contribution >= 4 is 11.6 Å². The molecule has 1 fully saturated rings. The van der Waals surface area contributed by atoms with Gasteiger partial charge in [-0.15, -0.1) is 0 Å². The second kappa shape index (κ2) is 4.85. The monoisotopic (exact) mass is 275 g/mol. The number of nitrogens with zero attached hydrogens (tertiary/aromatic N) is 2. The molecule has 0 radical (unpaired) electrons. The van der Waals surface area contributed by atoms with Gasteiger partial charge in [-0.1, -0.05) is 11.6 Å².